The van der Waals surface area contributed by atoms with Gasteiger partial charge in [-0.05, 0) is 12.1 Å². The maximum atomic E-state index is 11.3. The van der Waals surface area contributed by atoms with Gasteiger partial charge in [0.05, 0.1) is 17.2 Å². The van der Waals surface area contributed by atoms with Gasteiger partial charge in [0.25, 0.3) is 0 Å². The van der Waals surface area contributed by atoms with Crippen LogP contribution in [0.2, 0.25) is 0 Å². The molecule has 0 aliphatic rings. The van der Waals surface area contributed by atoms with E-state index in [1.165, 1.54) is 0 Å². The second-order valence-electron chi connectivity index (χ2n) is 4.23. The van der Waals surface area contributed by atoms with Crippen LogP contribution in [-0.4, -0.2) is 11.0 Å². The van der Waals surface area contributed by atoms with Gasteiger partial charge in [-0.3, -0.25) is 0 Å². The summed E-state index contributed by atoms with van der Waals surface area (Å²) in [5.41, 5.74) is 2.35. The van der Waals surface area contributed by atoms with E-state index >= 15 is 0 Å². The zero-order chi connectivity index (χ0) is 13.2. The molecule has 0 aliphatic heterocycles. The summed E-state index contributed by atoms with van der Waals surface area (Å²) in [4.78, 5) is 15.8. The number of hydrogen-bond donors (Lipinski definition) is 0. The number of rotatable bonds is 2. The van der Waals surface area contributed by atoms with Crippen LogP contribution in [0, 0.1) is 0 Å². The molecule has 0 saturated carbocycles. The Hall–Kier alpha value is -1.68. The van der Waals surface area contributed by atoms with E-state index in [0.29, 0.717) is 16.6 Å². The maximum Gasteiger partial charge on any atom is 1.00 e. The zero-order valence-corrected chi connectivity index (χ0v) is 13.0. The normalized spacial score (nSPS) is 10.0. The predicted molar refractivity (Wildman–Crippen MR) is 71.5 cm³/mol. The standard InChI is InChI=1S/C16H11NO2.Na/c18-16(19)13-10-15(11-6-2-1-3-7-11)17-14-9-5-4-8-12(13)14;/h1-10H,(H,18,19);/q;+1/p-1. The van der Waals surface area contributed by atoms with Crippen LogP contribution in [0.1, 0.15) is 10.4 Å². The van der Waals surface area contributed by atoms with Gasteiger partial charge in [-0.2, -0.15) is 0 Å². The van der Waals surface area contributed by atoms with Crippen LogP contribution in [-0.2, 0) is 0 Å². The summed E-state index contributed by atoms with van der Waals surface area (Å²) in [5, 5.41) is 11.9. The largest absolute Gasteiger partial charge is 1.00 e. The van der Waals surface area contributed by atoms with Crippen LogP contribution in [0.5, 0.6) is 0 Å². The van der Waals surface area contributed by atoms with E-state index < -0.39 is 5.97 Å². The molecule has 4 heteroatoms. The number of hydrogen-bond acceptors (Lipinski definition) is 3. The molecular weight excluding hydrogens is 261 g/mol. The second-order valence-corrected chi connectivity index (χ2v) is 4.23. The van der Waals surface area contributed by atoms with Crippen LogP contribution in [0.3, 0.4) is 0 Å². The summed E-state index contributed by atoms with van der Waals surface area (Å²) >= 11 is 0. The molecule has 0 atom stereocenters. The number of nitrogens with zero attached hydrogens (tertiary/aromatic N) is 1. The van der Waals surface area contributed by atoms with Gasteiger partial charge in [-0.15, -0.1) is 0 Å². The average molecular weight is 271 g/mol. The van der Waals surface area contributed by atoms with Gasteiger partial charge in [-0.1, -0.05) is 48.5 Å². The Bertz CT molecular complexity index is 757. The molecule has 92 valence electrons. The van der Waals surface area contributed by atoms with Crippen molar-refractivity contribution in [2.45, 2.75) is 0 Å². The molecule has 0 N–H and O–H groups in total. The molecule has 2 aromatic carbocycles. The van der Waals surface area contributed by atoms with Crippen LogP contribution in [0.15, 0.2) is 60.7 Å². The number of carboxylic acids is 1. The van der Waals surface area contributed by atoms with Crippen molar-refractivity contribution < 1.29 is 39.5 Å². The molecule has 3 rings (SSSR count). The number of aromatic carboxylic acids is 1. The molecule has 0 aliphatic carbocycles. The first-order valence-electron chi connectivity index (χ1n) is 5.92. The van der Waals surface area contributed by atoms with E-state index in [0.717, 1.165) is 5.56 Å². The minimum Gasteiger partial charge on any atom is -0.545 e. The van der Waals surface area contributed by atoms with E-state index in [2.05, 4.69) is 4.98 Å². The number of benzene rings is 2. The van der Waals surface area contributed by atoms with Crippen molar-refractivity contribution in [3.63, 3.8) is 0 Å². The molecule has 0 saturated heterocycles. The number of para-hydroxylation sites is 1. The first-order chi connectivity index (χ1) is 9.25. The van der Waals surface area contributed by atoms with Crippen molar-refractivity contribution in [3.05, 3.63) is 66.2 Å². The number of aromatic nitrogens is 1. The van der Waals surface area contributed by atoms with Gasteiger partial charge < -0.3 is 9.90 Å². The Labute approximate surface area is 138 Å². The van der Waals surface area contributed by atoms with Crippen LogP contribution < -0.4 is 34.7 Å². The summed E-state index contributed by atoms with van der Waals surface area (Å²) < 4.78 is 0. The summed E-state index contributed by atoms with van der Waals surface area (Å²) in [6, 6.07) is 18.2. The second kappa shape index (κ2) is 6.18. The van der Waals surface area contributed by atoms with Crippen molar-refractivity contribution in [3.8, 4) is 11.3 Å². The Kier molecular flexibility index (Phi) is 4.55. The topological polar surface area (TPSA) is 53.0 Å². The van der Waals surface area contributed by atoms with Crippen molar-refractivity contribution in [1.29, 1.82) is 0 Å². The fourth-order valence-corrected chi connectivity index (χ4v) is 2.10. The molecule has 0 spiro atoms. The van der Waals surface area contributed by atoms with Gasteiger partial charge in [0, 0.05) is 16.5 Å². The third-order valence-corrected chi connectivity index (χ3v) is 3.01. The number of carbonyl (C=O) groups excluding carboxylic acids is 1. The molecule has 0 unspecified atom stereocenters. The van der Waals surface area contributed by atoms with Gasteiger partial charge in [0.2, 0.25) is 0 Å². The molecule has 1 heterocycles. The Morgan fingerprint density at radius 2 is 1.60 bits per heavy atom. The van der Waals surface area contributed by atoms with E-state index in [9.17, 15) is 9.90 Å². The van der Waals surface area contributed by atoms with E-state index in [1.807, 2.05) is 36.4 Å². The molecule has 1 aromatic heterocycles. The predicted octanol–water partition coefficient (Wildman–Crippen LogP) is -0.731. The third kappa shape index (κ3) is 2.75. The zero-order valence-electron chi connectivity index (χ0n) is 11.0. The van der Waals surface area contributed by atoms with Gasteiger partial charge >= 0.3 is 29.6 Å². The minimum atomic E-state index is -1.18. The van der Waals surface area contributed by atoms with Crippen molar-refractivity contribution in [2.24, 2.45) is 0 Å². The van der Waals surface area contributed by atoms with Crippen molar-refractivity contribution >= 4 is 16.9 Å². The monoisotopic (exact) mass is 271 g/mol. The average Bonchev–Trinajstić information content (AvgIpc) is 2.47. The first-order valence-corrected chi connectivity index (χ1v) is 5.92. The number of fused-ring (bicyclic) bond motifs is 1. The number of carboxylic acid groups (broad SMARTS) is 1. The summed E-state index contributed by atoms with van der Waals surface area (Å²) in [6.07, 6.45) is 0. The fraction of sp³-hybridized carbons (Fsp3) is 0. The Morgan fingerprint density at radius 3 is 2.30 bits per heavy atom. The third-order valence-electron chi connectivity index (χ3n) is 3.01. The Balaban J connectivity index is 0.00000147. The summed E-state index contributed by atoms with van der Waals surface area (Å²) in [5.74, 6) is -1.18. The summed E-state index contributed by atoms with van der Waals surface area (Å²) in [7, 11) is 0. The molecule has 0 bridgehead atoms. The molecule has 20 heavy (non-hydrogen) atoms. The van der Waals surface area contributed by atoms with Gasteiger partial charge in [-0.25, -0.2) is 4.98 Å². The molecule has 3 aromatic rings. The Morgan fingerprint density at radius 1 is 0.950 bits per heavy atom. The van der Waals surface area contributed by atoms with Crippen LogP contribution in [0.4, 0.5) is 0 Å². The summed E-state index contributed by atoms with van der Waals surface area (Å²) in [6.45, 7) is 0. The van der Waals surface area contributed by atoms with E-state index in [1.54, 1.807) is 24.3 Å². The van der Waals surface area contributed by atoms with Crippen LogP contribution in [0.25, 0.3) is 22.2 Å². The number of carbonyl (C=O) groups is 1. The van der Waals surface area contributed by atoms with Gasteiger partial charge in [0.1, 0.15) is 0 Å². The number of pyridine rings is 1. The van der Waals surface area contributed by atoms with Crippen molar-refractivity contribution in [1.82, 2.24) is 4.98 Å². The van der Waals surface area contributed by atoms with Gasteiger partial charge in [0.15, 0.2) is 0 Å². The van der Waals surface area contributed by atoms with Crippen LogP contribution >= 0.6 is 0 Å². The fourth-order valence-electron chi connectivity index (χ4n) is 2.10. The maximum absolute atomic E-state index is 11.3. The molecule has 0 radical (unpaired) electrons. The van der Waals surface area contributed by atoms with E-state index in [-0.39, 0.29) is 35.1 Å². The van der Waals surface area contributed by atoms with E-state index in [4.69, 9.17) is 0 Å². The minimum absolute atomic E-state index is 0. The first kappa shape index (κ1) is 14.7. The SMILES string of the molecule is O=C([O-])c1cc(-c2ccccc2)nc2ccccc12.[Na+]. The smallest absolute Gasteiger partial charge is 0.545 e. The molecule has 3 nitrogen and oxygen atoms in total. The van der Waals surface area contributed by atoms with Crippen molar-refractivity contribution in [2.75, 3.05) is 0 Å². The molecule has 0 amide bonds. The quantitative estimate of drug-likeness (QED) is 0.577. The molecular formula is C16H10NNaO2. The molecule has 0 fully saturated rings.